The second kappa shape index (κ2) is 6.89. The van der Waals surface area contributed by atoms with E-state index in [1.165, 1.54) is 43.1 Å². The van der Waals surface area contributed by atoms with E-state index in [9.17, 15) is 4.39 Å². The molecule has 1 aliphatic heterocycles. The van der Waals surface area contributed by atoms with Gasteiger partial charge in [0, 0.05) is 12.1 Å². The molecule has 3 rings (SSSR count). The van der Waals surface area contributed by atoms with Crippen molar-refractivity contribution in [2.75, 3.05) is 19.6 Å². The van der Waals surface area contributed by atoms with Crippen molar-refractivity contribution >= 4 is 5.57 Å². The van der Waals surface area contributed by atoms with Gasteiger partial charge in [-0.1, -0.05) is 48.5 Å². The number of halogens is 1. The minimum absolute atomic E-state index is 0.170. The van der Waals surface area contributed by atoms with Gasteiger partial charge in [0.15, 0.2) is 0 Å². The van der Waals surface area contributed by atoms with Crippen LogP contribution in [0.4, 0.5) is 4.39 Å². The first-order valence-corrected chi connectivity index (χ1v) is 7.98. The zero-order chi connectivity index (χ0) is 15.4. The summed E-state index contributed by atoms with van der Waals surface area (Å²) in [6, 6.07) is 15.1. The Morgan fingerprint density at radius 1 is 1.05 bits per heavy atom. The molecule has 0 amide bonds. The Labute approximate surface area is 132 Å². The molecule has 1 nitrogen and oxygen atoms in total. The molecule has 1 heterocycles. The van der Waals surface area contributed by atoms with Gasteiger partial charge in [-0.05, 0) is 55.6 Å². The Morgan fingerprint density at radius 2 is 1.73 bits per heavy atom. The van der Waals surface area contributed by atoms with E-state index >= 15 is 0 Å². The van der Waals surface area contributed by atoms with Crippen LogP contribution in [0, 0.1) is 5.82 Å². The maximum atomic E-state index is 13.8. The molecule has 1 saturated heterocycles. The molecule has 2 heteroatoms. The Morgan fingerprint density at radius 3 is 2.41 bits per heavy atom. The molecule has 0 N–H and O–H groups in total. The van der Waals surface area contributed by atoms with Crippen molar-refractivity contribution in [1.82, 2.24) is 4.90 Å². The summed E-state index contributed by atoms with van der Waals surface area (Å²) in [5, 5.41) is 0. The van der Waals surface area contributed by atoms with Crippen LogP contribution in [-0.2, 0) is 0 Å². The fourth-order valence-corrected chi connectivity index (χ4v) is 2.96. The summed E-state index contributed by atoms with van der Waals surface area (Å²) in [7, 11) is 0. The first-order valence-electron chi connectivity index (χ1n) is 7.98. The van der Waals surface area contributed by atoms with Crippen LogP contribution in [0.5, 0.6) is 0 Å². The zero-order valence-corrected chi connectivity index (χ0v) is 13.1. The largest absolute Gasteiger partial charge is 0.300 e. The second-order valence-corrected chi connectivity index (χ2v) is 5.95. The molecule has 0 aliphatic carbocycles. The lowest BCUT2D eigenvalue weighted by molar-refractivity contribution is 0.377. The molecule has 22 heavy (non-hydrogen) atoms. The van der Waals surface area contributed by atoms with Crippen LogP contribution in [-0.4, -0.2) is 24.5 Å². The summed E-state index contributed by atoms with van der Waals surface area (Å²) >= 11 is 0. The van der Waals surface area contributed by atoms with Gasteiger partial charge >= 0.3 is 0 Å². The Bertz CT molecular complexity index is 652. The van der Waals surface area contributed by atoms with Crippen LogP contribution in [0.15, 0.2) is 54.6 Å². The summed E-state index contributed by atoms with van der Waals surface area (Å²) in [6.45, 7) is 5.61. The van der Waals surface area contributed by atoms with Crippen molar-refractivity contribution < 1.29 is 4.39 Å². The first kappa shape index (κ1) is 15.0. The highest BCUT2D eigenvalue weighted by atomic mass is 19.1. The van der Waals surface area contributed by atoms with E-state index in [0.717, 1.165) is 12.1 Å². The Balaban J connectivity index is 1.73. The molecule has 2 aromatic rings. The molecule has 1 aliphatic rings. The van der Waals surface area contributed by atoms with Crippen LogP contribution in [0.1, 0.15) is 25.3 Å². The van der Waals surface area contributed by atoms with Crippen molar-refractivity contribution in [3.8, 4) is 11.1 Å². The van der Waals surface area contributed by atoms with Crippen molar-refractivity contribution in [2.45, 2.75) is 19.8 Å². The van der Waals surface area contributed by atoms with E-state index in [2.05, 4.69) is 30.0 Å². The minimum Gasteiger partial charge on any atom is -0.300 e. The average Bonchev–Trinajstić information content (AvgIpc) is 3.07. The normalized spacial score (nSPS) is 16.2. The monoisotopic (exact) mass is 295 g/mol. The van der Waals surface area contributed by atoms with Crippen molar-refractivity contribution in [2.24, 2.45) is 0 Å². The predicted octanol–water partition coefficient (Wildman–Crippen LogP) is 4.99. The molecule has 0 bridgehead atoms. The van der Waals surface area contributed by atoms with E-state index in [0.29, 0.717) is 5.56 Å². The summed E-state index contributed by atoms with van der Waals surface area (Å²) in [4.78, 5) is 2.48. The molecule has 0 radical (unpaired) electrons. The average molecular weight is 295 g/mol. The summed E-state index contributed by atoms with van der Waals surface area (Å²) in [5.41, 5.74) is 4.08. The third-order valence-electron chi connectivity index (χ3n) is 4.38. The molecule has 1 fully saturated rings. The van der Waals surface area contributed by atoms with E-state index in [1.54, 1.807) is 6.07 Å². The third kappa shape index (κ3) is 3.45. The van der Waals surface area contributed by atoms with Gasteiger partial charge in [0.2, 0.25) is 0 Å². The van der Waals surface area contributed by atoms with Crippen LogP contribution in [0.2, 0.25) is 0 Å². The van der Waals surface area contributed by atoms with Gasteiger partial charge in [-0.2, -0.15) is 0 Å². The van der Waals surface area contributed by atoms with Crippen molar-refractivity contribution in [3.05, 3.63) is 66.0 Å². The quantitative estimate of drug-likeness (QED) is 0.768. The summed E-state index contributed by atoms with van der Waals surface area (Å²) in [5.74, 6) is -0.170. The number of hydrogen-bond donors (Lipinski definition) is 0. The van der Waals surface area contributed by atoms with Crippen LogP contribution < -0.4 is 0 Å². The van der Waals surface area contributed by atoms with Crippen LogP contribution in [0.25, 0.3) is 16.7 Å². The van der Waals surface area contributed by atoms with Gasteiger partial charge in [-0.3, -0.25) is 4.90 Å². The van der Waals surface area contributed by atoms with Gasteiger partial charge in [0.25, 0.3) is 0 Å². The summed E-state index contributed by atoms with van der Waals surface area (Å²) in [6.07, 6.45) is 4.94. The maximum absolute atomic E-state index is 13.8. The highest BCUT2D eigenvalue weighted by Gasteiger charge is 2.09. The Hall–Kier alpha value is -1.93. The van der Waals surface area contributed by atoms with Gasteiger partial charge in [0.1, 0.15) is 5.82 Å². The predicted molar refractivity (Wildman–Crippen MR) is 91.2 cm³/mol. The SMILES string of the molecule is CC(=CCN1CCCC1)c1ccc(-c2ccccc2F)cc1. The van der Waals surface area contributed by atoms with Crippen molar-refractivity contribution in [1.29, 1.82) is 0 Å². The molecule has 0 saturated carbocycles. The number of nitrogens with zero attached hydrogens (tertiary/aromatic N) is 1. The zero-order valence-electron chi connectivity index (χ0n) is 13.1. The number of likely N-dealkylation sites (tertiary alicyclic amines) is 1. The van der Waals surface area contributed by atoms with Crippen molar-refractivity contribution in [3.63, 3.8) is 0 Å². The highest BCUT2D eigenvalue weighted by molar-refractivity contribution is 5.69. The molecule has 114 valence electrons. The molecule has 0 unspecified atom stereocenters. The second-order valence-electron chi connectivity index (χ2n) is 5.95. The maximum Gasteiger partial charge on any atom is 0.131 e. The van der Waals surface area contributed by atoms with E-state index < -0.39 is 0 Å². The molecule has 2 aromatic carbocycles. The number of allylic oxidation sites excluding steroid dienone is 1. The molecule has 0 spiro atoms. The smallest absolute Gasteiger partial charge is 0.131 e. The number of benzene rings is 2. The third-order valence-corrected chi connectivity index (χ3v) is 4.38. The fourth-order valence-electron chi connectivity index (χ4n) is 2.96. The first-order chi connectivity index (χ1) is 10.7. The minimum atomic E-state index is -0.170. The molecule has 0 atom stereocenters. The van der Waals surface area contributed by atoms with Crippen LogP contribution >= 0.6 is 0 Å². The van der Waals surface area contributed by atoms with E-state index in [1.807, 2.05) is 24.3 Å². The summed E-state index contributed by atoms with van der Waals surface area (Å²) < 4.78 is 13.8. The lowest BCUT2D eigenvalue weighted by Gasteiger charge is -2.12. The Kier molecular flexibility index (Phi) is 4.69. The molecular formula is C20H22FN. The number of hydrogen-bond acceptors (Lipinski definition) is 1. The van der Waals surface area contributed by atoms with E-state index in [4.69, 9.17) is 0 Å². The number of rotatable bonds is 4. The fraction of sp³-hybridized carbons (Fsp3) is 0.300. The highest BCUT2D eigenvalue weighted by Crippen LogP contribution is 2.24. The van der Waals surface area contributed by atoms with Gasteiger partial charge in [-0.25, -0.2) is 4.39 Å². The van der Waals surface area contributed by atoms with E-state index in [-0.39, 0.29) is 5.82 Å². The molecular weight excluding hydrogens is 273 g/mol. The lowest BCUT2D eigenvalue weighted by Crippen LogP contribution is -2.18. The van der Waals surface area contributed by atoms with Crippen LogP contribution in [0.3, 0.4) is 0 Å². The standard InChI is InChI=1S/C20H22FN/c1-16(12-15-22-13-4-5-14-22)17-8-10-18(11-9-17)19-6-2-3-7-20(19)21/h2-3,6-12H,4-5,13-15H2,1H3. The van der Waals surface area contributed by atoms with Gasteiger partial charge in [-0.15, -0.1) is 0 Å². The van der Waals surface area contributed by atoms with Gasteiger partial charge in [0.05, 0.1) is 0 Å². The topological polar surface area (TPSA) is 3.24 Å². The van der Waals surface area contributed by atoms with Gasteiger partial charge < -0.3 is 0 Å². The molecule has 0 aromatic heterocycles. The lowest BCUT2D eigenvalue weighted by atomic mass is 10.0.